The number of aliphatic hydroxyl groups excluding tert-OH is 1. The van der Waals surface area contributed by atoms with Crippen LogP contribution in [0.5, 0.6) is 0 Å². The van der Waals surface area contributed by atoms with Crippen LogP contribution in [-0.2, 0) is 9.92 Å². The van der Waals surface area contributed by atoms with Gasteiger partial charge in [0.1, 0.15) is 9.92 Å². The first-order chi connectivity index (χ1) is 13.2. The predicted molar refractivity (Wildman–Crippen MR) is 115 cm³/mol. The molecule has 10 heteroatoms. The second-order valence-electron chi connectivity index (χ2n) is 7.04. The van der Waals surface area contributed by atoms with Crippen LogP contribution in [0.4, 0.5) is 11.9 Å². The Bertz CT molecular complexity index is 862. The highest BCUT2D eigenvalue weighted by Gasteiger charge is 2.16. The molecule has 0 bridgehead atoms. The summed E-state index contributed by atoms with van der Waals surface area (Å²) in [5.74, 6) is 0.742. The molecule has 154 valence electrons. The molecule has 0 aliphatic rings. The third-order valence-corrected chi connectivity index (χ3v) is 5.35. The van der Waals surface area contributed by atoms with E-state index in [4.69, 9.17) is 4.78 Å². The fraction of sp³-hybridized carbons (Fsp3) is 0.500. The number of anilines is 2. The van der Waals surface area contributed by atoms with Crippen LogP contribution in [0.15, 0.2) is 35.5 Å². The lowest BCUT2D eigenvalue weighted by molar-refractivity contribution is 0.259. The number of rotatable bonds is 10. The van der Waals surface area contributed by atoms with Crippen LogP contribution < -0.4 is 10.0 Å². The van der Waals surface area contributed by atoms with Crippen molar-refractivity contribution in [2.45, 2.75) is 43.6 Å². The third-order valence-electron chi connectivity index (χ3n) is 3.76. The molecule has 0 spiro atoms. The van der Waals surface area contributed by atoms with Gasteiger partial charge in [0.15, 0.2) is 5.16 Å². The summed E-state index contributed by atoms with van der Waals surface area (Å²) < 4.78 is 22.0. The quantitative estimate of drug-likeness (QED) is 0.430. The van der Waals surface area contributed by atoms with E-state index in [1.807, 2.05) is 37.3 Å². The molecule has 2 rings (SSSR count). The van der Waals surface area contributed by atoms with Gasteiger partial charge >= 0.3 is 0 Å². The number of aliphatic hydroxyl groups is 1. The first-order valence-electron chi connectivity index (χ1n) is 9.03. The lowest BCUT2D eigenvalue weighted by Crippen LogP contribution is -2.27. The molecule has 4 N–H and O–H groups in total. The van der Waals surface area contributed by atoms with Crippen LogP contribution in [0.25, 0.3) is 0 Å². The molecular weight excluding hydrogens is 396 g/mol. The van der Waals surface area contributed by atoms with Gasteiger partial charge in [-0.1, -0.05) is 55.9 Å². The zero-order valence-corrected chi connectivity index (χ0v) is 18.2. The maximum atomic E-state index is 11.8. The summed E-state index contributed by atoms with van der Waals surface area (Å²) in [6.45, 7) is 6.13. The third kappa shape index (κ3) is 7.61. The average Bonchev–Trinajstić information content (AvgIpc) is 2.59. The Morgan fingerprint density at radius 3 is 2.36 bits per heavy atom. The Morgan fingerprint density at radius 2 is 1.79 bits per heavy atom. The number of thioether (sulfide) groups is 1. The van der Waals surface area contributed by atoms with Gasteiger partial charge in [-0.15, -0.1) is 0 Å². The number of aromatic nitrogens is 3. The summed E-state index contributed by atoms with van der Waals surface area (Å²) in [4.78, 5) is 13.0. The minimum atomic E-state index is -3.03. The molecule has 0 radical (unpaired) electrons. The summed E-state index contributed by atoms with van der Waals surface area (Å²) >= 11 is 1.44. The number of hydrogen-bond acceptors (Lipinski definition) is 8. The SMILES string of the molecule is CC(C)C[C@H](CO)Nc1nc(NS(C)(=N)=O)nc(S[C@H](C)c2ccccc2)n1. The molecular formula is C18H28N6O2S2. The summed E-state index contributed by atoms with van der Waals surface area (Å²) in [7, 11) is -3.03. The van der Waals surface area contributed by atoms with Crippen molar-refractivity contribution in [3.8, 4) is 0 Å². The van der Waals surface area contributed by atoms with Gasteiger partial charge in [0, 0.05) is 11.5 Å². The summed E-state index contributed by atoms with van der Waals surface area (Å²) in [6.07, 6.45) is 2.01. The van der Waals surface area contributed by atoms with Crippen LogP contribution in [-0.4, -0.2) is 43.2 Å². The highest BCUT2D eigenvalue weighted by Crippen LogP contribution is 2.33. The molecule has 0 aliphatic heterocycles. The van der Waals surface area contributed by atoms with Gasteiger partial charge < -0.3 is 10.4 Å². The lowest BCUT2D eigenvalue weighted by Gasteiger charge is -2.19. The standard InChI is InChI=1S/C18H28N6O2S2/c1-12(2)10-15(11-25)20-16-21-17(24-28(4,19)26)23-18(22-16)27-13(3)14-8-6-5-7-9-14/h5-9,12-13,15,25H,10-11H2,1-4H3,(H3,19,20,21,22,23,24,26)/t13-,15-,28?/m1/s1. The van der Waals surface area contributed by atoms with Crippen molar-refractivity contribution < 1.29 is 9.32 Å². The van der Waals surface area contributed by atoms with E-state index in [2.05, 4.69) is 38.8 Å². The Balaban J connectivity index is 2.28. The highest BCUT2D eigenvalue weighted by molar-refractivity contribution is 7.99. The monoisotopic (exact) mass is 424 g/mol. The van der Waals surface area contributed by atoms with Crippen molar-refractivity contribution in [2.24, 2.45) is 5.92 Å². The summed E-state index contributed by atoms with van der Waals surface area (Å²) in [5.41, 5.74) is 1.13. The first kappa shape index (κ1) is 22.4. The predicted octanol–water partition coefficient (Wildman–Crippen LogP) is 3.55. The minimum Gasteiger partial charge on any atom is -0.394 e. The highest BCUT2D eigenvalue weighted by atomic mass is 32.2. The second-order valence-corrected chi connectivity index (χ2v) is 10.2. The maximum Gasteiger partial charge on any atom is 0.241 e. The Hall–Kier alpha value is -1.91. The molecule has 0 saturated heterocycles. The van der Waals surface area contributed by atoms with Crippen molar-refractivity contribution in [3.05, 3.63) is 35.9 Å². The maximum absolute atomic E-state index is 11.8. The first-order valence-corrected chi connectivity index (χ1v) is 11.9. The van der Waals surface area contributed by atoms with Crippen molar-refractivity contribution >= 4 is 33.6 Å². The van der Waals surface area contributed by atoms with E-state index in [0.29, 0.717) is 11.1 Å². The van der Waals surface area contributed by atoms with Gasteiger partial charge in [0.2, 0.25) is 11.9 Å². The summed E-state index contributed by atoms with van der Waals surface area (Å²) in [5, 5.41) is 13.3. The normalized spacial score (nSPS) is 15.6. The van der Waals surface area contributed by atoms with E-state index in [9.17, 15) is 9.32 Å². The molecule has 0 saturated carbocycles. The van der Waals surface area contributed by atoms with Gasteiger partial charge in [-0.2, -0.15) is 15.0 Å². The van der Waals surface area contributed by atoms with E-state index < -0.39 is 9.92 Å². The minimum absolute atomic E-state index is 0.0571. The van der Waals surface area contributed by atoms with E-state index in [-0.39, 0.29) is 29.8 Å². The molecule has 1 aromatic heterocycles. The van der Waals surface area contributed by atoms with Gasteiger partial charge in [-0.05, 0) is 24.8 Å². The van der Waals surface area contributed by atoms with E-state index in [1.54, 1.807) is 0 Å². The molecule has 3 atom stereocenters. The Labute approximate surface area is 171 Å². The fourth-order valence-electron chi connectivity index (χ4n) is 2.57. The Morgan fingerprint density at radius 1 is 1.14 bits per heavy atom. The van der Waals surface area contributed by atoms with E-state index >= 15 is 0 Å². The number of nitrogens with zero attached hydrogens (tertiary/aromatic N) is 3. The topological polar surface area (TPSA) is 124 Å². The number of hydrogen-bond donors (Lipinski definition) is 4. The number of benzene rings is 1. The number of nitrogens with one attached hydrogen (secondary N) is 3. The van der Waals surface area contributed by atoms with Gasteiger partial charge in [-0.25, -0.2) is 8.99 Å². The Kier molecular flexibility index (Phi) is 8.02. The van der Waals surface area contributed by atoms with E-state index in [0.717, 1.165) is 12.0 Å². The lowest BCUT2D eigenvalue weighted by atomic mass is 10.0. The molecule has 0 fully saturated rings. The zero-order chi connectivity index (χ0) is 20.7. The van der Waals surface area contributed by atoms with Crippen molar-refractivity contribution in [1.82, 2.24) is 15.0 Å². The van der Waals surface area contributed by atoms with Crippen molar-refractivity contribution in [1.29, 1.82) is 4.78 Å². The van der Waals surface area contributed by atoms with Gasteiger partial charge in [-0.3, -0.25) is 4.72 Å². The van der Waals surface area contributed by atoms with Crippen LogP contribution in [0.1, 0.15) is 38.0 Å². The van der Waals surface area contributed by atoms with Crippen LogP contribution in [0.3, 0.4) is 0 Å². The van der Waals surface area contributed by atoms with Gasteiger partial charge in [0.05, 0.1) is 12.6 Å². The molecule has 2 aromatic rings. The molecule has 0 amide bonds. The zero-order valence-electron chi connectivity index (χ0n) is 16.5. The fourth-order valence-corrected chi connectivity index (χ4v) is 3.90. The summed E-state index contributed by atoms with van der Waals surface area (Å²) in [6, 6.07) is 9.77. The smallest absolute Gasteiger partial charge is 0.241 e. The molecule has 1 aromatic carbocycles. The average molecular weight is 425 g/mol. The molecule has 0 aliphatic carbocycles. The van der Waals surface area contributed by atoms with Crippen LogP contribution >= 0.6 is 11.8 Å². The molecule has 1 unspecified atom stereocenters. The van der Waals surface area contributed by atoms with Crippen LogP contribution in [0.2, 0.25) is 0 Å². The van der Waals surface area contributed by atoms with Crippen molar-refractivity contribution in [3.63, 3.8) is 0 Å². The van der Waals surface area contributed by atoms with E-state index in [1.165, 1.54) is 18.0 Å². The van der Waals surface area contributed by atoms with Crippen LogP contribution in [0, 0.1) is 10.7 Å². The largest absolute Gasteiger partial charge is 0.394 e. The molecule has 8 nitrogen and oxygen atoms in total. The molecule has 28 heavy (non-hydrogen) atoms. The van der Waals surface area contributed by atoms with Gasteiger partial charge in [0.25, 0.3) is 0 Å². The molecule has 1 heterocycles. The second kappa shape index (κ2) is 10.0. The van der Waals surface area contributed by atoms with Crippen molar-refractivity contribution in [2.75, 3.05) is 22.9 Å².